The Labute approximate surface area is 290 Å². The van der Waals surface area contributed by atoms with Crippen LogP contribution < -0.4 is 4.90 Å². The van der Waals surface area contributed by atoms with E-state index < -0.39 is 0 Å². The average Bonchev–Trinajstić information content (AvgIpc) is 3.58. The summed E-state index contributed by atoms with van der Waals surface area (Å²) in [7, 11) is 0. The molecule has 1 heterocycles. The molecule has 0 saturated carbocycles. The van der Waals surface area contributed by atoms with Crippen LogP contribution in [0.4, 0.5) is 17.1 Å². The van der Waals surface area contributed by atoms with Gasteiger partial charge in [-0.1, -0.05) is 152 Å². The number of rotatable bonds is 5. The van der Waals surface area contributed by atoms with Crippen molar-refractivity contribution in [3.8, 4) is 22.3 Å². The van der Waals surface area contributed by atoms with Gasteiger partial charge in [0, 0.05) is 21.8 Å². The zero-order valence-corrected chi connectivity index (χ0v) is 27.3. The van der Waals surface area contributed by atoms with Gasteiger partial charge in [0.15, 0.2) is 0 Å². The highest BCUT2D eigenvalue weighted by Gasteiger charge is 2.23. The first-order chi connectivity index (χ1) is 24.8. The Morgan fingerprint density at radius 3 is 1.72 bits per heavy atom. The maximum absolute atomic E-state index is 6.83. The Morgan fingerprint density at radius 2 is 0.960 bits per heavy atom. The van der Waals surface area contributed by atoms with Gasteiger partial charge in [0.05, 0.1) is 16.8 Å². The summed E-state index contributed by atoms with van der Waals surface area (Å²) in [6.07, 6.45) is 0. The maximum atomic E-state index is 6.83. The molecule has 50 heavy (non-hydrogen) atoms. The number of furan rings is 1. The van der Waals surface area contributed by atoms with E-state index in [4.69, 9.17) is 4.42 Å². The molecule has 0 aliphatic carbocycles. The normalized spacial score (nSPS) is 11.6. The van der Waals surface area contributed by atoms with Crippen LogP contribution in [0.5, 0.6) is 0 Å². The summed E-state index contributed by atoms with van der Waals surface area (Å²) in [6.45, 7) is 0. The molecule has 0 aliphatic rings. The second-order valence-electron chi connectivity index (χ2n) is 12.9. The maximum Gasteiger partial charge on any atom is 0.143 e. The third kappa shape index (κ3) is 4.50. The van der Waals surface area contributed by atoms with E-state index in [1.807, 2.05) is 0 Å². The molecule has 9 aromatic carbocycles. The minimum Gasteiger partial charge on any atom is -0.455 e. The van der Waals surface area contributed by atoms with Gasteiger partial charge in [-0.3, -0.25) is 0 Å². The second kappa shape index (κ2) is 11.5. The van der Waals surface area contributed by atoms with Crippen molar-refractivity contribution in [3.05, 3.63) is 188 Å². The van der Waals surface area contributed by atoms with Gasteiger partial charge in [0.1, 0.15) is 11.2 Å². The summed E-state index contributed by atoms with van der Waals surface area (Å²) in [5, 5.41) is 9.36. The standard InChI is InChI=1S/C48H31NO/c1-3-14-32(15-4-1)33-26-28-36(29-27-33)49(45-30-35-18-7-8-19-37(35)38-20-9-11-22-40(38)45)44-24-13-25-46-47(44)43-31-42(34-16-5-2-6-17-34)39-21-10-12-23-41(39)48(43)50-46/h1-31H. The van der Waals surface area contributed by atoms with Crippen molar-refractivity contribution in [2.45, 2.75) is 0 Å². The molecule has 0 amide bonds. The number of hydrogen-bond donors (Lipinski definition) is 0. The van der Waals surface area contributed by atoms with Crippen LogP contribution >= 0.6 is 0 Å². The van der Waals surface area contributed by atoms with Crippen molar-refractivity contribution < 1.29 is 4.42 Å². The van der Waals surface area contributed by atoms with Gasteiger partial charge in [-0.2, -0.15) is 0 Å². The van der Waals surface area contributed by atoms with Crippen LogP contribution in [0.25, 0.3) is 76.5 Å². The average molecular weight is 638 g/mol. The molecule has 10 aromatic rings. The first-order valence-electron chi connectivity index (χ1n) is 17.1. The molecule has 0 spiro atoms. The molecule has 0 aliphatic heterocycles. The molecule has 0 N–H and O–H groups in total. The fourth-order valence-corrected chi connectivity index (χ4v) is 7.73. The SMILES string of the molecule is c1ccc(-c2ccc(N(c3cc4ccccc4c4ccccc34)c3cccc4oc5c6ccccc6c(-c6ccccc6)cc5c34)cc2)cc1. The Balaban J connectivity index is 1.30. The lowest BCUT2D eigenvalue weighted by molar-refractivity contribution is 0.672. The summed E-state index contributed by atoms with van der Waals surface area (Å²) < 4.78 is 6.83. The number of hydrogen-bond acceptors (Lipinski definition) is 2. The van der Waals surface area contributed by atoms with E-state index in [1.54, 1.807) is 0 Å². The van der Waals surface area contributed by atoms with Gasteiger partial charge in [-0.15, -0.1) is 0 Å². The number of nitrogens with zero attached hydrogens (tertiary/aromatic N) is 1. The number of benzene rings is 9. The monoisotopic (exact) mass is 637 g/mol. The Bertz CT molecular complexity index is 2850. The van der Waals surface area contributed by atoms with Crippen LogP contribution in [0.1, 0.15) is 0 Å². The fourth-order valence-electron chi connectivity index (χ4n) is 7.73. The van der Waals surface area contributed by atoms with Crippen molar-refractivity contribution in [3.63, 3.8) is 0 Å². The highest BCUT2D eigenvalue weighted by atomic mass is 16.3. The van der Waals surface area contributed by atoms with Crippen LogP contribution in [0, 0.1) is 0 Å². The first-order valence-corrected chi connectivity index (χ1v) is 17.1. The van der Waals surface area contributed by atoms with E-state index in [-0.39, 0.29) is 0 Å². The lowest BCUT2D eigenvalue weighted by Crippen LogP contribution is -2.11. The number of anilines is 3. The molecule has 0 atom stereocenters. The van der Waals surface area contributed by atoms with E-state index in [2.05, 4.69) is 193 Å². The van der Waals surface area contributed by atoms with E-state index in [9.17, 15) is 0 Å². The fraction of sp³-hybridized carbons (Fsp3) is 0. The van der Waals surface area contributed by atoms with Crippen molar-refractivity contribution >= 4 is 71.3 Å². The van der Waals surface area contributed by atoms with Crippen molar-refractivity contribution in [1.29, 1.82) is 0 Å². The zero-order chi connectivity index (χ0) is 33.0. The summed E-state index contributed by atoms with van der Waals surface area (Å²) in [5.74, 6) is 0. The van der Waals surface area contributed by atoms with Crippen molar-refractivity contribution in [2.75, 3.05) is 4.90 Å². The largest absolute Gasteiger partial charge is 0.455 e. The van der Waals surface area contributed by atoms with Crippen LogP contribution in [0.15, 0.2) is 192 Å². The van der Waals surface area contributed by atoms with Crippen molar-refractivity contribution in [2.24, 2.45) is 0 Å². The molecule has 0 radical (unpaired) electrons. The van der Waals surface area contributed by atoms with Gasteiger partial charge >= 0.3 is 0 Å². The summed E-state index contributed by atoms with van der Waals surface area (Å²) in [6, 6.07) is 67.4. The van der Waals surface area contributed by atoms with E-state index >= 15 is 0 Å². The third-order valence-electron chi connectivity index (χ3n) is 10.0. The molecule has 0 unspecified atom stereocenters. The van der Waals surface area contributed by atoms with E-state index in [1.165, 1.54) is 49.2 Å². The van der Waals surface area contributed by atoms with E-state index in [0.29, 0.717) is 0 Å². The highest BCUT2D eigenvalue weighted by Crippen LogP contribution is 2.48. The van der Waals surface area contributed by atoms with Gasteiger partial charge < -0.3 is 9.32 Å². The van der Waals surface area contributed by atoms with Crippen molar-refractivity contribution in [1.82, 2.24) is 0 Å². The van der Waals surface area contributed by atoms with Crippen LogP contribution in [-0.2, 0) is 0 Å². The zero-order valence-electron chi connectivity index (χ0n) is 27.3. The van der Waals surface area contributed by atoms with Gasteiger partial charge in [0.2, 0.25) is 0 Å². The van der Waals surface area contributed by atoms with Gasteiger partial charge in [-0.05, 0) is 80.2 Å². The van der Waals surface area contributed by atoms with Gasteiger partial charge in [0.25, 0.3) is 0 Å². The molecule has 10 rings (SSSR count). The minimum atomic E-state index is 0.865. The Kier molecular flexibility index (Phi) is 6.53. The summed E-state index contributed by atoms with van der Waals surface area (Å²) in [5.41, 5.74) is 9.81. The minimum absolute atomic E-state index is 0.865. The quantitative estimate of drug-likeness (QED) is 0.175. The van der Waals surface area contributed by atoms with Crippen LogP contribution in [-0.4, -0.2) is 0 Å². The number of fused-ring (bicyclic) bond motifs is 8. The molecule has 0 saturated heterocycles. The molecule has 2 nitrogen and oxygen atoms in total. The van der Waals surface area contributed by atoms with E-state index in [0.717, 1.165) is 44.4 Å². The lowest BCUT2D eigenvalue weighted by Gasteiger charge is -2.28. The molecule has 2 heteroatoms. The Morgan fingerprint density at radius 1 is 0.360 bits per heavy atom. The highest BCUT2D eigenvalue weighted by molar-refractivity contribution is 6.23. The molecule has 234 valence electrons. The second-order valence-corrected chi connectivity index (χ2v) is 12.9. The first kappa shape index (κ1) is 28.4. The predicted octanol–water partition coefficient (Wildman–Crippen LogP) is 13.8. The smallest absolute Gasteiger partial charge is 0.143 e. The molecule has 1 aromatic heterocycles. The summed E-state index contributed by atoms with van der Waals surface area (Å²) in [4.78, 5) is 2.43. The molecular weight excluding hydrogens is 607 g/mol. The molecular formula is C48H31NO. The van der Waals surface area contributed by atoms with Crippen LogP contribution in [0.3, 0.4) is 0 Å². The summed E-state index contributed by atoms with van der Waals surface area (Å²) >= 11 is 0. The van der Waals surface area contributed by atoms with Crippen LogP contribution in [0.2, 0.25) is 0 Å². The topological polar surface area (TPSA) is 16.4 Å². The predicted molar refractivity (Wildman–Crippen MR) is 212 cm³/mol. The Hall–Kier alpha value is -6.64. The molecule has 0 bridgehead atoms. The van der Waals surface area contributed by atoms with Gasteiger partial charge in [-0.25, -0.2) is 0 Å². The molecule has 0 fully saturated rings. The lowest BCUT2D eigenvalue weighted by atomic mass is 9.94. The third-order valence-corrected chi connectivity index (χ3v) is 10.0.